The minimum atomic E-state index is 0.0514. The largest absolute Gasteiger partial charge is 0.353 e. The number of rotatable bonds is 5. The summed E-state index contributed by atoms with van der Waals surface area (Å²) >= 11 is 0. The van der Waals surface area contributed by atoms with E-state index in [4.69, 9.17) is 5.73 Å². The van der Waals surface area contributed by atoms with Crippen LogP contribution in [0.1, 0.15) is 39.5 Å². The molecule has 4 nitrogen and oxygen atoms in total. The quantitative estimate of drug-likeness (QED) is 0.645. The van der Waals surface area contributed by atoms with Gasteiger partial charge in [0, 0.05) is 24.5 Å². The molecule has 0 aliphatic heterocycles. The van der Waals surface area contributed by atoms with Gasteiger partial charge < -0.3 is 16.4 Å². The zero-order valence-electron chi connectivity index (χ0n) is 10.5. The Labute approximate surface area is 98.3 Å². The maximum absolute atomic E-state index is 11.8. The normalized spacial score (nSPS) is 27.4. The Kier molecular flexibility index (Phi) is 5.77. The van der Waals surface area contributed by atoms with Crippen LogP contribution in [0.2, 0.25) is 0 Å². The van der Waals surface area contributed by atoms with Crippen LogP contribution in [-0.2, 0) is 4.79 Å². The summed E-state index contributed by atoms with van der Waals surface area (Å²) in [6, 6.07) is 0.684. The van der Waals surface area contributed by atoms with Crippen LogP contribution in [-0.4, -0.2) is 31.1 Å². The van der Waals surface area contributed by atoms with Crippen molar-refractivity contribution in [3.63, 3.8) is 0 Å². The SMILES string of the molecule is CCNCC(C)C(=O)NC1CCC(N)CC1. The summed E-state index contributed by atoms with van der Waals surface area (Å²) in [5.74, 6) is 0.219. The van der Waals surface area contributed by atoms with E-state index in [2.05, 4.69) is 10.6 Å². The molecule has 0 aromatic carbocycles. The standard InChI is InChI=1S/C12H25N3O/c1-3-14-8-9(2)12(16)15-11-6-4-10(13)5-7-11/h9-11,14H,3-8,13H2,1-2H3,(H,15,16). The topological polar surface area (TPSA) is 67.2 Å². The highest BCUT2D eigenvalue weighted by Crippen LogP contribution is 2.17. The first kappa shape index (κ1) is 13.5. The molecule has 0 aromatic rings. The number of nitrogens with one attached hydrogen (secondary N) is 2. The van der Waals surface area contributed by atoms with Crippen molar-refractivity contribution in [2.75, 3.05) is 13.1 Å². The van der Waals surface area contributed by atoms with Crippen LogP contribution in [0.25, 0.3) is 0 Å². The molecule has 0 heterocycles. The molecule has 0 bridgehead atoms. The van der Waals surface area contributed by atoms with Gasteiger partial charge in [-0.1, -0.05) is 13.8 Å². The average molecular weight is 227 g/mol. The van der Waals surface area contributed by atoms with Crippen LogP contribution in [0.5, 0.6) is 0 Å². The van der Waals surface area contributed by atoms with Gasteiger partial charge in [-0.3, -0.25) is 4.79 Å². The molecule has 1 aliphatic rings. The number of hydrogen-bond donors (Lipinski definition) is 3. The molecule has 1 atom stereocenters. The van der Waals surface area contributed by atoms with Gasteiger partial charge in [0.1, 0.15) is 0 Å². The molecule has 94 valence electrons. The molecule has 0 radical (unpaired) electrons. The fourth-order valence-corrected chi connectivity index (χ4v) is 2.06. The van der Waals surface area contributed by atoms with Crippen molar-refractivity contribution in [2.24, 2.45) is 11.7 Å². The van der Waals surface area contributed by atoms with Crippen LogP contribution in [0.3, 0.4) is 0 Å². The molecule has 1 unspecified atom stereocenters. The van der Waals surface area contributed by atoms with E-state index in [1.165, 1.54) is 0 Å². The summed E-state index contributed by atoms with van der Waals surface area (Å²) in [5, 5.41) is 6.31. The molecule has 1 fully saturated rings. The van der Waals surface area contributed by atoms with Crippen LogP contribution in [0.15, 0.2) is 0 Å². The lowest BCUT2D eigenvalue weighted by molar-refractivity contribution is -0.125. The maximum Gasteiger partial charge on any atom is 0.224 e. The van der Waals surface area contributed by atoms with Crippen molar-refractivity contribution in [1.29, 1.82) is 0 Å². The maximum atomic E-state index is 11.8. The predicted octanol–water partition coefficient (Wildman–Crippen LogP) is 0.618. The van der Waals surface area contributed by atoms with Gasteiger partial charge in [-0.2, -0.15) is 0 Å². The van der Waals surface area contributed by atoms with Gasteiger partial charge in [-0.05, 0) is 32.2 Å². The number of amides is 1. The molecule has 1 aliphatic carbocycles. The summed E-state index contributed by atoms with van der Waals surface area (Å²) in [6.45, 7) is 5.68. The Morgan fingerprint density at radius 3 is 2.56 bits per heavy atom. The van der Waals surface area contributed by atoms with Crippen molar-refractivity contribution < 1.29 is 4.79 Å². The second kappa shape index (κ2) is 6.86. The minimum Gasteiger partial charge on any atom is -0.353 e. The first-order valence-electron chi connectivity index (χ1n) is 6.40. The van der Waals surface area contributed by atoms with E-state index in [0.717, 1.165) is 38.8 Å². The van der Waals surface area contributed by atoms with Crippen LogP contribution in [0, 0.1) is 5.92 Å². The van der Waals surface area contributed by atoms with Crippen molar-refractivity contribution in [1.82, 2.24) is 10.6 Å². The van der Waals surface area contributed by atoms with E-state index in [-0.39, 0.29) is 11.8 Å². The number of carbonyl (C=O) groups excluding carboxylic acids is 1. The smallest absolute Gasteiger partial charge is 0.224 e. The lowest BCUT2D eigenvalue weighted by Gasteiger charge is -2.27. The minimum absolute atomic E-state index is 0.0514. The van der Waals surface area contributed by atoms with Gasteiger partial charge >= 0.3 is 0 Å². The average Bonchev–Trinajstić information content (AvgIpc) is 2.29. The molecule has 0 spiro atoms. The van der Waals surface area contributed by atoms with Gasteiger partial charge in [0.05, 0.1) is 0 Å². The number of hydrogen-bond acceptors (Lipinski definition) is 3. The lowest BCUT2D eigenvalue weighted by atomic mass is 9.91. The third-order valence-electron chi connectivity index (χ3n) is 3.27. The Balaban J connectivity index is 2.22. The van der Waals surface area contributed by atoms with E-state index in [9.17, 15) is 4.79 Å². The molecule has 0 saturated heterocycles. The van der Waals surface area contributed by atoms with Gasteiger partial charge in [0.25, 0.3) is 0 Å². The molecular weight excluding hydrogens is 202 g/mol. The van der Waals surface area contributed by atoms with Crippen LogP contribution < -0.4 is 16.4 Å². The van der Waals surface area contributed by atoms with Gasteiger partial charge in [-0.15, -0.1) is 0 Å². The van der Waals surface area contributed by atoms with E-state index in [1.54, 1.807) is 0 Å². The molecule has 1 amide bonds. The molecule has 4 N–H and O–H groups in total. The Morgan fingerprint density at radius 2 is 2.00 bits per heavy atom. The number of carbonyl (C=O) groups is 1. The van der Waals surface area contributed by atoms with Crippen molar-refractivity contribution in [3.8, 4) is 0 Å². The van der Waals surface area contributed by atoms with E-state index < -0.39 is 0 Å². The van der Waals surface area contributed by atoms with Gasteiger partial charge in [0.15, 0.2) is 0 Å². The third kappa shape index (κ3) is 4.49. The van der Waals surface area contributed by atoms with Crippen molar-refractivity contribution in [3.05, 3.63) is 0 Å². The fraction of sp³-hybridized carbons (Fsp3) is 0.917. The van der Waals surface area contributed by atoms with E-state index in [1.807, 2.05) is 13.8 Å². The summed E-state index contributed by atoms with van der Waals surface area (Å²) in [5.41, 5.74) is 5.83. The zero-order valence-corrected chi connectivity index (χ0v) is 10.5. The van der Waals surface area contributed by atoms with Gasteiger partial charge in [0.2, 0.25) is 5.91 Å². The molecule has 4 heteroatoms. The first-order valence-corrected chi connectivity index (χ1v) is 6.40. The molecule has 0 aromatic heterocycles. The number of nitrogens with two attached hydrogens (primary N) is 1. The summed E-state index contributed by atoms with van der Waals surface area (Å²) < 4.78 is 0. The first-order chi connectivity index (χ1) is 7.63. The summed E-state index contributed by atoms with van der Waals surface area (Å²) in [4.78, 5) is 11.8. The highest BCUT2D eigenvalue weighted by Gasteiger charge is 2.21. The second-order valence-corrected chi connectivity index (χ2v) is 4.83. The van der Waals surface area contributed by atoms with E-state index >= 15 is 0 Å². The third-order valence-corrected chi connectivity index (χ3v) is 3.27. The second-order valence-electron chi connectivity index (χ2n) is 4.83. The van der Waals surface area contributed by atoms with Crippen LogP contribution >= 0.6 is 0 Å². The lowest BCUT2D eigenvalue weighted by Crippen LogP contribution is -2.44. The molecule has 16 heavy (non-hydrogen) atoms. The summed E-state index contributed by atoms with van der Waals surface area (Å²) in [7, 11) is 0. The Hall–Kier alpha value is -0.610. The van der Waals surface area contributed by atoms with Crippen LogP contribution in [0.4, 0.5) is 0 Å². The van der Waals surface area contributed by atoms with Gasteiger partial charge in [-0.25, -0.2) is 0 Å². The predicted molar refractivity (Wildman–Crippen MR) is 66.1 cm³/mol. The molecule has 1 rings (SSSR count). The monoisotopic (exact) mass is 227 g/mol. The molecule has 1 saturated carbocycles. The van der Waals surface area contributed by atoms with Crippen molar-refractivity contribution >= 4 is 5.91 Å². The Morgan fingerprint density at radius 1 is 1.38 bits per heavy atom. The molecular formula is C12H25N3O. The highest BCUT2D eigenvalue weighted by molar-refractivity contribution is 5.78. The van der Waals surface area contributed by atoms with Crippen molar-refractivity contribution in [2.45, 2.75) is 51.6 Å². The zero-order chi connectivity index (χ0) is 12.0. The summed E-state index contributed by atoms with van der Waals surface area (Å²) in [6.07, 6.45) is 4.13. The van der Waals surface area contributed by atoms with E-state index in [0.29, 0.717) is 12.1 Å². The fourth-order valence-electron chi connectivity index (χ4n) is 2.06. The Bertz CT molecular complexity index is 212. The highest BCUT2D eigenvalue weighted by atomic mass is 16.1.